The average molecular weight is 605 g/mol. The molecule has 2 atom stereocenters. The van der Waals surface area contributed by atoms with E-state index in [2.05, 4.69) is 5.32 Å². The number of phenolic OH excluding ortho intramolecular Hbond substituents is 1. The fourth-order valence-electron chi connectivity index (χ4n) is 5.77. The smallest absolute Gasteiger partial charge is 0.334 e. The Kier molecular flexibility index (Phi) is 9.19. The fraction of sp³-hybridized carbons (Fsp3) is 0.344. The molecule has 5 rings (SSSR count). The number of hydrogen-bond acceptors (Lipinski definition) is 6. The number of nitrogens with zero attached hydrogens (tertiary/aromatic N) is 5. The first kappa shape index (κ1) is 30.3. The summed E-state index contributed by atoms with van der Waals surface area (Å²) in [6, 6.07) is 20.8. The van der Waals surface area contributed by atoms with Gasteiger partial charge in [0, 0.05) is 38.1 Å². The van der Waals surface area contributed by atoms with Gasteiger partial charge in [0.25, 0.3) is 0 Å². The Morgan fingerprint density at radius 3 is 2.40 bits per heavy atom. The van der Waals surface area contributed by atoms with Crippen LogP contribution in [0.5, 0.6) is 5.75 Å². The maximum absolute atomic E-state index is 14.1. The Balaban J connectivity index is 1.46. The van der Waals surface area contributed by atoms with E-state index in [1.165, 1.54) is 0 Å². The van der Waals surface area contributed by atoms with Gasteiger partial charge in [-0.3, -0.25) is 9.59 Å². The van der Waals surface area contributed by atoms with E-state index in [1.807, 2.05) is 67.5 Å². The van der Waals surface area contributed by atoms with Crippen LogP contribution in [-0.2, 0) is 35.6 Å². The van der Waals surface area contributed by atoms with Crippen LogP contribution in [0, 0.1) is 0 Å². The fourth-order valence-corrected chi connectivity index (χ4v) is 5.94. The van der Waals surface area contributed by atoms with E-state index in [-0.39, 0.29) is 43.1 Å². The van der Waals surface area contributed by atoms with E-state index < -0.39 is 12.2 Å². The predicted molar refractivity (Wildman–Crippen MR) is 164 cm³/mol. The Labute approximate surface area is 257 Å². The number of amides is 4. The van der Waals surface area contributed by atoms with Crippen molar-refractivity contribution < 1.29 is 19.5 Å². The number of nitrogens with one attached hydrogen (secondary N) is 1. The van der Waals surface area contributed by atoms with E-state index in [0.717, 1.165) is 22.3 Å². The number of hydrogen-bond donors (Lipinski definition) is 2. The van der Waals surface area contributed by atoms with Gasteiger partial charge in [-0.2, -0.15) is 0 Å². The van der Waals surface area contributed by atoms with Crippen molar-refractivity contribution in [3.63, 3.8) is 0 Å². The first-order chi connectivity index (χ1) is 20.6. The van der Waals surface area contributed by atoms with E-state index in [9.17, 15) is 19.5 Å². The van der Waals surface area contributed by atoms with Gasteiger partial charge in [-0.1, -0.05) is 66.2 Å². The molecular formula is C32H37ClN6O4. The number of rotatable bonds is 8. The van der Waals surface area contributed by atoms with Crippen LogP contribution in [-0.4, -0.2) is 94.1 Å². The Morgan fingerprint density at radius 1 is 1.00 bits per heavy atom. The topological polar surface area (TPSA) is 99.7 Å². The lowest BCUT2D eigenvalue weighted by molar-refractivity contribution is -0.187. The number of hydrazine groups is 1. The van der Waals surface area contributed by atoms with Gasteiger partial charge in [-0.15, -0.1) is 0 Å². The van der Waals surface area contributed by atoms with Gasteiger partial charge in [-0.05, 0) is 54.5 Å². The molecule has 2 N–H and O–H groups in total. The van der Waals surface area contributed by atoms with E-state index >= 15 is 0 Å². The number of aromatic hydroxyl groups is 1. The first-order valence-electron chi connectivity index (χ1n) is 14.2. The van der Waals surface area contributed by atoms with Crippen molar-refractivity contribution >= 4 is 29.4 Å². The minimum atomic E-state index is -0.831. The third kappa shape index (κ3) is 6.93. The number of carbonyl (C=O) groups is 3. The van der Waals surface area contributed by atoms with Gasteiger partial charge in [0.2, 0.25) is 11.8 Å². The normalized spacial score (nSPS) is 19.1. The summed E-state index contributed by atoms with van der Waals surface area (Å²) in [5.41, 5.74) is 3.60. The van der Waals surface area contributed by atoms with Crippen molar-refractivity contribution in [2.75, 3.05) is 34.2 Å². The van der Waals surface area contributed by atoms with Crippen molar-refractivity contribution in [2.45, 2.75) is 38.3 Å². The molecule has 2 fully saturated rings. The summed E-state index contributed by atoms with van der Waals surface area (Å²) in [5.74, 6) is -0.307. The summed E-state index contributed by atoms with van der Waals surface area (Å²) in [7, 11) is 5.64. The first-order valence-corrected chi connectivity index (χ1v) is 14.6. The Morgan fingerprint density at radius 2 is 1.70 bits per heavy atom. The number of piperazine rings is 1. The maximum Gasteiger partial charge on any atom is 0.334 e. The number of phenols is 1. The lowest BCUT2D eigenvalue weighted by atomic mass is 9.98. The van der Waals surface area contributed by atoms with Gasteiger partial charge < -0.3 is 25.1 Å². The van der Waals surface area contributed by atoms with Gasteiger partial charge >= 0.3 is 6.03 Å². The lowest BCUT2D eigenvalue weighted by Crippen LogP contribution is -2.76. The van der Waals surface area contributed by atoms with Crippen molar-refractivity contribution in [3.05, 3.63) is 100 Å². The van der Waals surface area contributed by atoms with Crippen molar-refractivity contribution in [1.29, 1.82) is 0 Å². The van der Waals surface area contributed by atoms with Crippen LogP contribution in [0.3, 0.4) is 0 Å². The van der Waals surface area contributed by atoms with E-state index in [4.69, 9.17) is 11.6 Å². The summed E-state index contributed by atoms with van der Waals surface area (Å²) in [5, 5.41) is 16.6. The molecule has 2 saturated heterocycles. The van der Waals surface area contributed by atoms with Crippen molar-refractivity contribution in [2.24, 2.45) is 0 Å². The summed E-state index contributed by atoms with van der Waals surface area (Å²) < 4.78 is 0. The molecule has 0 unspecified atom stereocenters. The van der Waals surface area contributed by atoms with Crippen LogP contribution in [0.4, 0.5) is 4.79 Å². The SMILES string of the molecule is CN(C)Cc1cc(CN2C[C@H]3N(C(=O)CN(C)N3C(=O)NCc3ccccc3)[C@@H](Cc3ccc(O)cc3)C2=O)ccc1Cl. The second-order valence-electron chi connectivity index (χ2n) is 11.4. The van der Waals surface area contributed by atoms with Gasteiger partial charge in [0.15, 0.2) is 0 Å². The van der Waals surface area contributed by atoms with Crippen LogP contribution in [0.15, 0.2) is 72.8 Å². The molecule has 11 heteroatoms. The molecule has 3 aromatic rings. The zero-order valence-electron chi connectivity index (χ0n) is 24.6. The minimum Gasteiger partial charge on any atom is -0.508 e. The third-order valence-corrected chi connectivity index (χ3v) is 8.14. The standard InChI is InChI=1S/C32H37ClN6O4/c1-35(2)19-25-15-24(11-14-27(25)33)18-37-20-29-38(28(31(37)42)16-22-9-12-26(40)13-10-22)30(41)21-36(3)39(29)32(43)34-17-23-7-5-4-6-8-23/h4-15,28-29,40H,16-21H2,1-3H3,(H,34,43)/t28-,29-/m0/s1. The van der Waals surface area contributed by atoms with Crippen LogP contribution in [0.25, 0.3) is 0 Å². The van der Waals surface area contributed by atoms with Crippen LogP contribution in [0.2, 0.25) is 5.02 Å². The zero-order valence-corrected chi connectivity index (χ0v) is 25.4. The highest BCUT2D eigenvalue weighted by Crippen LogP contribution is 2.30. The second kappa shape index (κ2) is 13.0. The highest BCUT2D eigenvalue weighted by molar-refractivity contribution is 6.31. The molecule has 0 spiro atoms. The van der Waals surface area contributed by atoms with Crippen LogP contribution in [0.1, 0.15) is 22.3 Å². The molecule has 0 bridgehead atoms. The molecule has 2 aliphatic rings. The lowest BCUT2D eigenvalue weighted by Gasteiger charge is -2.54. The monoisotopic (exact) mass is 604 g/mol. The molecule has 0 aliphatic carbocycles. The van der Waals surface area contributed by atoms with Crippen LogP contribution >= 0.6 is 11.6 Å². The quantitative estimate of drug-likeness (QED) is 0.409. The Hall–Kier alpha value is -4.12. The molecule has 226 valence electrons. The number of urea groups is 1. The number of halogens is 1. The van der Waals surface area contributed by atoms with E-state index in [1.54, 1.807) is 51.1 Å². The minimum absolute atomic E-state index is 0.0420. The van der Waals surface area contributed by atoms with Gasteiger partial charge in [-0.25, -0.2) is 14.8 Å². The largest absolute Gasteiger partial charge is 0.508 e. The molecular weight excluding hydrogens is 568 g/mol. The van der Waals surface area contributed by atoms with Crippen LogP contribution < -0.4 is 5.32 Å². The Bertz CT molecular complexity index is 1470. The molecule has 2 heterocycles. The average Bonchev–Trinajstić information content (AvgIpc) is 2.97. The second-order valence-corrected chi connectivity index (χ2v) is 11.8. The summed E-state index contributed by atoms with van der Waals surface area (Å²) in [6.07, 6.45) is -0.469. The number of benzene rings is 3. The molecule has 0 saturated carbocycles. The molecule has 3 aromatic carbocycles. The summed E-state index contributed by atoms with van der Waals surface area (Å²) in [6.45, 7) is 1.37. The zero-order chi connectivity index (χ0) is 30.7. The highest BCUT2D eigenvalue weighted by Gasteiger charge is 2.50. The molecule has 2 aliphatic heterocycles. The number of carbonyl (C=O) groups excluding carboxylic acids is 3. The van der Waals surface area contributed by atoms with Gasteiger partial charge in [0.1, 0.15) is 18.0 Å². The summed E-state index contributed by atoms with van der Waals surface area (Å²) in [4.78, 5) is 46.6. The third-order valence-electron chi connectivity index (χ3n) is 7.77. The molecule has 0 aromatic heterocycles. The highest BCUT2D eigenvalue weighted by atomic mass is 35.5. The van der Waals surface area contributed by atoms with Gasteiger partial charge in [0.05, 0.1) is 13.1 Å². The molecule has 4 amide bonds. The maximum atomic E-state index is 14.1. The molecule has 10 nitrogen and oxygen atoms in total. The molecule has 0 radical (unpaired) electrons. The number of fused-ring (bicyclic) bond motifs is 1. The molecule has 43 heavy (non-hydrogen) atoms. The van der Waals surface area contributed by atoms with E-state index in [0.29, 0.717) is 24.7 Å². The summed E-state index contributed by atoms with van der Waals surface area (Å²) >= 11 is 6.46. The number of likely N-dealkylation sites (N-methyl/N-ethyl adjacent to an activating group) is 1. The van der Waals surface area contributed by atoms with Crippen molar-refractivity contribution in [1.82, 2.24) is 30.0 Å². The predicted octanol–water partition coefficient (Wildman–Crippen LogP) is 3.29. The van der Waals surface area contributed by atoms with Crippen molar-refractivity contribution in [3.8, 4) is 5.75 Å².